The van der Waals surface area contributed by atoms with Gasteiger partial charge in [-0.25, -0.2) is 19.2 Å². The van der Waals surface area contributed by atoms with Crippen molar-refractivity contribution in [2.45, 2.75) is 241 Å². The summed E-state index contributed by atoms with van der Waals surface area (Å²) in [6, 6.07) is 15.4. The lowest BCUT2D eigenvalue weighted by atomic mass is 9.42. The van der Waals surface area contributed by atoms with Crippen LogP contribution in [0.5, 0.6) is 0 Å². The van der Waals surface area contributed by atoms with E-state index in [0.29, 0.717) is 40.4 Å². The summed E-state index contributed by atoms with van der Waals surface area (Å²) < 4.78 is 44.0. The second-order valence-electron chi connectivity index (χ2n) is 31.4. The van der Waals surface area contributed by atoms with E-state index in [1.165, 1.54) is 57.4 Å². The zero-order valence-electron chi connectivity index (χ0n) is 56.9. The van der Waals surface area contributed by atoms with Crippen molar-refractivity contribution in [3.63, 3.8) is 0 Å². The Morgan fingerprint density at radius 3 is 2.21 bits per heavy atom. The van der Waals surface area contributed by atoms with Gasteiger partial charge in [-0.1, -0.05) is 155 Å². The average molecular weight is 1250 g/mol. The van der Waals surface area contributed by atoms with Crippen LogP contribution in [0.3, 0.4) is 0 Å². The number of ketones is 1. The number of allylic oxidation sites excluding steroid dienone is 1. The Balaban J connectivity index is 0.922. The molecule has 496 valence electrons. The highest BCUT2D eigenvalue weighted by atomic mass is 16.6. The SMILES string of the molecule is CC(=O)O[C@@]12CO[C@@H]1C[C@H](C)[C@@]1(C)C(=O)[C@H](C)C3=C(C)[C@@H](OC(=O)[C@H](OC(=O)C#CCO[C@H]4CC[C@@]5(C)C(=CCC6C5CC[C@@]5(C)C6CC[C@@H]5[C@H](C)CCCC(C)C)C4)[C@@H](NC(=O)OC(C)(C)C)c4ccccc4)C[C@@](O)([C@@H](OC(=O)c4ccccc4)[C@H]21)C3(C)C. The minimum Gasteiger partial charge on any atom is -0.455 e. The van der Waals surface area contributed by atoms with Crippen LogP contribution in [-0.2, 0) is 52.3 Å². The molecule has 3 unspecified atom stereocenters. The number of carbonyl (C=O) groups is 6. The van der Waals surface area contributed by atoms with Gasteiger partial charge in [-0.05, 0) is 167 Å². The maximum Gasteiger partial charge on any atom is 0.408 e. The normalized spacial score (nSPS) is 36.4. The van der Waals surface area contributed by atoms with Crippen LogP contribution in [0.2, 0.25) is 0 Å². The molecular weight excluding hydrogens is 1150 g/mol. The van der Waals surface area contributed by atoms with Gasteiger partial charge in [0.1, 0.15) is 47.9 Å². The molecule has 2 aromatic rings. The lowest BCUT2D eigenvalue weighted by molar-refractivity contribution is -0.339. The van der Waals surface area contributed by atoms with E-state index < -0.39 is 112 Å². The van der Waals surface area contributed by atoms with Gasteiger partial charge < -0.3 is 43.6 Å². The Morgan fingerprint density at radius 2 is 1.56 bits per heavy atom. The van der Waals surface area contributed by atoms with Gasteiger partial charge in [0.15, 0.2) is 5.60 Å². The molecule has 1 amide bonds. The van der Waals surface area contributed by atoms with Crippen molar-refractivity contribution in [3.8, 4) is 11.8 Å². The molecule has 0 spiro atoms. The lowest BCUT2D eigenvalue weighted by Gasteiger charge is -2.68. The van der Waals surface area contributed by atoms with Crippen LogP contribution in [-0.4, -0.2) is 101 Å². The molecule has 2 aromatic carbocycles. The summed E-state index contributed by atoms with van der Waals surface area (Å²) in [5, 5.41) is 16.9. The predicted molar refractivity (Wildman–Crippen MR) is 344 cm³/mol. The molecule has 91 heavy (non-hydrogen) atoms. The van der Waals surface area contributed by atoms with Crippen molar-refractivity contribution in [2.24, 2.45) is 74.9 Å². The fourth-order valence-electron chi connectivity index (χ4n) is 19.7. The molecular formula is C76H103NO14. The van der Waals surface area contributed by atoms with E-state index >= 15 is 9.59 Å². The van der Waals surface area contributed by atoms with E-state index in [4.69, 9.17) is 33.2 Å². The molecule has 8 aliphatic rings. The summed E-state index contributed by atoms with van der Waals surface area (Å²) in [4.78, 5) is 87.5. The number of aliphatic hydroxyl groups is 1. The number of carbonyl (C=O) groups excluding carboxylic acids is 6. The Hall–Kier alpha value is -5.82. The number of fused-ring (bicyclic) bond motifs is 10. The van der Waals surface area contributed by atoms with Crippen LogP contribution in [0.1, 0.15) is 209 Å². The summed E-state index contributed by atoms with van der Waals surface area (Å²) in [7, 11) is 0. The number of hydrogen-bond acceptors (Lipinski definition) is 14. The number of amides is 1. The van der Waals surface area contributed by atoms with Crippen LogP contribution in [0.4, 0.5) is 4.79 Å². The third-order valence-corrected chi connectivity index (χ3v) is 24.4. The van der Waals surface area contributed by atoms with Gasteiger partial charge in [-0.3, -0.25) is 9.59 Å². The minimum absolute atomic E-state index is 0.0685. The highest BCUT2D eigenvalue weighted by molar-refractivity contribution is 5.93. The Bertz CT molecular complexity index is 3210. The van der Waals surface area contributed by atoms with Gasteiger partial charge in [0.25, 0.3) is 0 Å². The summed E-state index contributed by atoms with van der Waals surface area (Å²) in [5.74, 6) is 3.46. The van der Waals surface area contributed by atoms with Crippen LogP contribution < -0.4 is 5.32 Å². The lowest BCUT2D eigenvalue weighted by Crippen LogP contribution is -2.80. The number of Topliss-reactive ketones (excluding diaryl/α,β-unsaturated/α-hetero) is 1. The Morgan fingerprint density at radius 1 is 0.868 bits per heavy atom. The zero-order chi connectivity index (χ0) is 66.0. The molecule has 2 bridgehead atoms. The highest BCUT2D eigenvalue weighted by Gasteiger charge is 2.77. The first-order valence-corrected chi connectivity index (χ1v) is 34.1. The quantitative estimate of drug-likeness (QED) is 0.0529. The Labute approximate surface area is 541 Å². The number of alkyl carbamates (subject to hydrolysis) is 1. The molecule has 6 fully saturated rings. The van der Waals surface area contributed by atoms with Gasteiger partial charge in [0, 0.05) is 36.0 Å². The number of ether oxygens (including phenoxy) is 7. The largest absolute Gasteiger partial charge is 0.455 e. The number of nitrogens with one attached hydrogen (secondary N) is 1. The van der Waals surface area contributed by atoms with Gasteiger partial charge in [-0.15, -0.1) is 0 Å². The molecule has 1 saturated heterocycles. The molecule has 10 rings (SSSR count). The standard InChI is InChI=1S/C76H103NO14/c1-44(2)24-22-25-45(3)55-33-34-56-54-32-31-52-41-53(35-37-72(52,13)57(54)36-38-73(55,56)14)85-39-23-30-60(79)88-63(62(50-26-18-16-19-27-50)77-69(83)91-70(8,9)10)68(82)87-58-42-76(84)66(89-67(81)51-28-20-17-21-29-51)64-74(15,65(80)48(6)61(47(58)5)71(76,11)12)46(4)40-59-75(64,43-86-59)90-49(7)78/h16-21,26-29,31,44-46,48,53-59,62-64,66,84H,22,24-25,32-43H2,1-15H3,(H,77,83)/t45-,46+,48-,53+,54?,55-,56?,57?,58+,59-,62+,63-,64+,66+,72+,73-,74-,75+,76-/m1/s1. The number of hydrogen-bond donors (Lipinski definition) is 2. The average Bonchev–Trinajstić information content (AvgIpc) is 0.983. The molecule has 0 aromatic heterocycles. The molecule has 2 N–H and O–H groups in total. The monoisotopic (exact) mass is 1250 g/mol. The maximum absolute atomic E-state index is 15.8. The Kier molecular flexibility index (Phi) is 19.3. The van der Waals surface area contributed by atoms with Gasteiger partial charge in [0.2, 0.25) is 6.10 Å². The molecule has 1 aliphatic heterocycles. The number of esters is 4. The molecule has 0 radical (unpaired) electrons. The first-order valence-electron chi connectivity index (χ1n) is 34.1. The van der Waals surface area contributed by atoms with E-state index in [-0.39, 0.29) is 36.1 Å². The molecule has 5 saturated carbocycles. The number of rotatable bonds is 16. The fourth-order valence-corrected chi connectivity index (χ4v) is 19.7. The second-order valence-corrected chi connectivity index (χ2v) is 31.4. The third kappa shape index (κ3) is 12.5. The third-order valence-electron chi connectivity index (χ3n) is 24.4. The van der Waals surface area contributed by atoms with Crippen molar-refractivity contribution in [3.05, 3.63) is 94.6 Å². The molecule has 15 heteroatoms. The topological polar surface area (TPSA) is 199 Å². The second kappa shape index (κ2) is 25.8. The molecule has 1 heterocycles. The van der Waals surface area contributed by atoms with Crippen molar-refractivity contribution in [1.82, 2.24) is 5.32 Å². The number of benzene rings is 2. The van der Waals surface area contributed by atoms with Gasteiger partial charge >= 0.3 is 30.0 Å². The van der Waals surface area contributed by atoms with E-state index in [1.807, 2.05) is 13.8 Å². The summed E-state index contributed by atoms with van der Waals surface area (Å²) in [6.45, 7) is 29.3. The predicted octanol–water partition coefficient (Wildman–Crippen LogP) is 13.8. The van der Waals surface area contributed by atoms with Crippen LogP contribution in [0.15, 0.2) is 83.5 Å². The summed E-state index contributed by atoms with van der Waals surface area (Å²) in [6.07, 6.45) is 8.98. The molecule has 7 aliphatic carbocycles. The van der Waals surface area contributed by atoms with Gasteiger partial charge in [0.05, 0.1) is 24.2 Å². The van der Waals surface area contributed by atoms with E-state index in [0.717, 1.165) is 49.4 Å². The summed E-state index contributed by atoms with van der Waals surface area (Å²) in [5.41, 5.74) is -3.98. The molecule has 19 atom stereocenters. The highest BCUT2D eigenvalue weighted by Crippen LogP contribution is 2.69. The first-order chi connectivity index (χ1) is 42.8. The van der Waals surface area contributed by atoms with Gasteiger partial charge in [-0.2, -0.15) is 0 Å². The smallest absolute Gasteiger partial charge is 0.408 e. The van der Waals surface area contributed by atoms with Crippen LogP contribution in [0, 0.1) is 86.8 Å². The molecule has 15 nitrogen and oxygen atoms in total. The van der Waals surface area contributed by atoms with Crippen molar-refractivity contribution < 1.29 is 67.0 Å². The first kappa shape index (κ1) is 68.1. The minimum atomic E-state index is -2.18. The zero-order valence-corrected chi connectivity index (χ0v) is 56.9. The van der Waals surface area contributed by atoms with Crippen molar-refractivity contribution >= 4 is 35.8 Å². The van der Waals surface area contributed by atoms with E-state index in [1.54, 1.807) is 109 Å². The van der Waals surface area contributed by atoms with Crippen molar-refractivity contribution in [2.75, 3.05) is 13.2 Å². The maximum atomic E-state index is 15.8. The van der Waals surface area contributed by atoms with Crippen LogP contribution >= 0.6 is 0 Å². The van der Waals surface area contributed by atoms with Crippen LogP contribution in [0.25, 0.3) is 0 Å². The summed E-state index contributed by atoms with van der Waals surface area (Å²) >= 11 is 0. The van der Waals surface area contributed by atoms with E-state index in [9.17, 15) is 24.3 Å². The van der Waals surface area contributed by atoms with Crippen molar-refractivity contribution in [1.29, 1.82) is 0 Å². The fraction of sp³-hybridized carbons (Fsp3) is 0.684. The van der Waals surface area contributed by atoms with E-state index in [2.05, 4.69) is 57.9 Å².